The van der Waals surface area contributed by atoms with Gasteiger partial charge in [-0.1, -0.05) is 93.5 Å². The lowest BCUT2D eigenvalue weighted by Gasteiger charge is -2.24. The van der Waals surface area contributed by atoms with Gasteiger partial charge in [-0.2, -0.15) is 0 Å². The largest absolute Gasteiger partial charge is 0.115 e. The third kappa shape index (κ3) is 6.50. The van der Waals surface area contributed by atoms with Gasteiger partial charge in [0.15, 0.2) is 0 Å². The van der Waals surface area contributed by atoms with Crippen molar-refractivity contribution in [3.63, 3.8) is 0 Å². The van der Waals surface area contributed by atoms with Crippen LogP contribution in [0.4, 0.5) is 0 Å². The van der Waals surface area contributed by atoms with Crippen LogP contribution in [-0.4, -0.2) is 0 Å². The molecule has 0 N–H and O–H groups in total. The summed E-state index contributed by atoms with van der Waals surface area (Å²) in [7, 11) is 0. The number of hydrogen-bond donors (Lipinski definition) is 0. The topological polar surface area (TPSA) is 0 Å². The van der Waals surface area contributed by atoms with Crippen LogP contribution in [0.5, 0.6) is 0 Å². The SMILES string of the molecule is C#C/C=C\C=C/CCCC1c2c(C)cccc2CC1CC(C)c1ccccc1.CC. The molecule has 2 aromatic carbocycles. The summed E-state index contributed by atoms with van der Waals surface area (Å²) < 4.78 is 0. The predicted molar refractivity (Wildman–Crippen MR) is 133 cm³/mol. The van der Waals surface area contributed by atoms with Crippen LogP contribution in [0.2, 0.25) is 0 Å². The maximum atomic E-state index is 5.24. The third-order valence-corrected chi connectivity index (χ3v) is 6.19. The molecule has 0 radical (unpaired) electrons. The zero-order chi connectivity index (χ0) is 21.8. The van der Waals surface area contributed by atoms with Crippen LogP contribution in [0, 0.1) is 25.2 Å². The van der Waals surface area contributed by atoms with Crippen LogP contribution in [0.25, 0.3) is 0 Å². The summed E-state index contributed by atoms with van der Waals surface area (Å²) in [6, 6.07) is 17.9. The van der Waals surface area contributed by atoms with Crippen molar-refractivity contribution in [3.05, 3.63) is 95.1 Å². The molecule has 3 atom stereocenters. The fraction of sp³-hybridized carbons (Fsp3) is 0.400. The minimum atomic E-state index is 0.608. The van der Waals surface area contributed by atoms with Crippen molar-refractivity contribution in [2.75, 3.05) is 0 Å². The molecule has 30 heavy (non-hydrogen) atoms. The Morgan fingerprint density at radius 2 is 1.83 bits per heavy atom. The van der Waals surface area contributed by atoms with Crippen LogP contribution in [-0.2, 0) is 6.42 Å². The van der Waals surface area contributed by atoms with E-state index in [0.29, 0.717) is 11.8 Å². The van der Waals surface area contributed by atoms with Crippen LogP contribution < -0.4 is 0 Å². The quantitative estimate of drug-likeness (QED) is 0.238. The molecule has 1 aliphatic carbocycles. The average Bonchev–Trinajstić information content (AvgIpc) is 3.13. The molecule has 0 spiro atoms. The summed E-state index contributed by atoms with van der Waals surface area (Å²) in [5.74, 6) is 4.57. The number of allylic oxidation sites excluding steroid dienone is 4. The number of benzene rings is 2. The summed E-state index contributed by atoms with van der Waals surface area (Å²) in [5.41, 5.74) is 6.17. The van der Waals surface area contributed by atoms with Gasteiger partial charge < -0.3 is 0 Å². The number of fused-ring (bicyclic) bond motifs is 1. The van der Waals surface area contributed by atoms with Crippen molar-refractivity contribution in [3.8, 4) is 12.3 Å². The molecule has 158 valence electrons. The van der Waals surface area contributed by atoms with Gasteiger partial charge in [-0.05, 0) is 85.1 Å². The van der Waals surface area contributed by atoms with E-state index in [-0.39, 0.29) is 0 Å². The summed E-state index contributed by atoms with van der Waals surface area (Å²) in [6.07, 6.45) is 19.4. The summed E-state index contributed by atoms with van der Waals surface area (Å²) in [6.45, 7) is 8.68. The maximum Gasteiger partial charge on any atom is -0.0122 e. The van der Waals surface area contributed by atoms with E-state index in [2.05, 4.69) is 80.5 Å². The van der Waals surface area contributed by atoms with Crippen molar-refractivity contribution < 1.29 is 0 Å². The third-order valence-electron chi connectivity index (χ3n) is 6.19. The van der Waals surface area contributed by atoms with E-state index in [4.69, 9.17) is 6.42 Å². The van der Waals surface area contributed by atoms with E-state index in [9.17, 15) is 0 Å². The molecule has 1 aliphatic rings. The second kappa shape index (κ2) is 12.9. The Morgan fingerprint density at radius 3 is 2.57 bits per heavy atom. The molecular weight excluding hydrogens is 360 g/mol. The van der Waals surface area contributed by atoms with Crippen LogP contribution in [0.3, 0.4) is 0 Å². The Balaban J connectivity index is 0.00000155. The fourth-order valence-electron chi connectivity index (χ4n) is 4.85. The normalized spacial score (nSPS) is 18.6. The number of unbranched alkanes of at least 4 members (excludes halogenated alkanes) is 1. The molecule has 2 aromatic rings. The van der Waals surface area contributed by atoms with E-state index >= 15 is 0 Å². The van der Waals surface area contributed by atoms with E-state index in [0.717, 1.165) is 12.3 Å². The predicted octanol–water partition coefficient (Wildman–Crippen LogP) is 8.39. The van der Waals surface area contributed by atoms with Gasteiger partial charge in [0, 0.05) is 0 Å². The lowest BCUT2D eigenvalue weighted by Crippen LogP contribution is -2.12. The van der Waals surface area contributed by atoms with E-state index in [1.165, 1.54) is 36.8 Å². The second-order valence-electron chi connectivity index (χ2n) is 8.15. The van der Waals surface area contributed by atoms with Gasteiger partial charge in [-0.15, -0.1) is 6.42 Å². The van der Waals surface area contributed by atoms with Crippen molar-refractivity contribution in [1.82, 2.24) is 0 Å². The highest BCUT2D eigenvalue weighted by Crippen LogP contribution is 2.46. The van der Waals surface area contributed by atoms with Crippen molar-refractivity contribution >= 4 is 0 Å². The van der Waals surface area contributed by atoms with Gasteiger partial charge in [-0.25, -0.2) is 0 Å². The van der Waals surface area contributed by atoms with Crippen molar-refractivity contribution in [2.24, 2.45) is 5.92 Å². The first-order valence-electron chi connectivity index (χ1n) is 11.6. The molecule has 0 saturated carbocycles. The van der Waals surface area contributed by atoms with E-state index < -0.39 is 0 Å². The minimum absolute atomic E-state index is 0.608. The molecule has 0 heteroatoms. The monoisotopic (exact) mass is 398 g/mol. The average molecular weight is 399 g/mol. The summed E-state index contributed by atoms with van der Waals surface area (Å²) >= 11 is 0. The molecule has 0 fully saturated rings. The highest BCUT2D eigenvalue weighted by Gasteiger charge is 2.33. The summed E-state index contributed by atoms with van der Waals surface area (Å²) in [4.78, 5) is 0. The van der Waals surface area contributed by atoms with Crippen LogP contribution >= 0.6 is 0 Å². The zero-order valence-corrected chi connectivity index (χ0v) is 19.3. The van der Waals surface area contributed by atoms with Gasteiger partial charge >= 0.3 is 0 Å². The number of terminal acetylenes is 1. The highest BCUT2D eigenvalue weighted by atomic mass is 14.4. The molecular formula is C30H38. The van der Waals surface area contributed by atoms with Gasteiger partial charge in [0.05, 0.1) is 0 Å². The standard InChI is InChI=1S/C28H32.C2H6/c1-4-5-6-7-8-9-13-19-27-26(20-23(3)24-16-11-10-12-17-24)21-25-18-14-15-22(2)28(25)27;1-2/h1,5-8,10-12,14-18,23,26-27H,9,13,19-21H2,2-3H3;1-2H3/b6-5-,8-7-;. The minimum Gasteiger partial charge on any atom is -0.115 e. The lowest BCUT2D eigenvalue weighted by molar-refractivity contribution is 0.376. The Hall–Kier alpha value is -2.52. The maximum absolute atomic E-state index is 5.24. The molecule has 0 aliphatic heterocycles. The first kappa shape index (κ1) is 23.8. The second-order valence-corrected chi connectivity index (χ2v) is 8.15. The van der Waals surface area contributed by atoms with Crippen LogP contribution in [0.15, 0.2) is 72.8 Å². The van der Waals surface area contributed by atoms with Crippen molar-refractivity contribution in [2.45, 2.75) is 71.6 Å². The Morgan fingerprint density at radius 1 is 1.07 bits per heavy atom. The molecule has 0 aromatic heterocycles. The number of hydrogen-bond acceptors (Lipinski definition) is 0. The first-order valence-corrected chi connectivity index (χ1v) is 11.6. The van der Waals surface area contributed by atoms with Gasteiger partial charge in [0.25, 0.3) is 0 Å². The van der Waals surface area contributed by atoms with Gasteiger partial charge in [0.2, 0.25) is 0 Å². The Labute approximate surface area is 185 Å². The van der Waals surface area contributed by atoms with E-state index in [1.54, 1.807) is 17.2 Å². The molecule has 3 rings (SSSR count). The number of rotatable bonds is 8. The smallest absolute Gasteiger partial charge is 0.0122 e. The highest BCUT2D eigenvalue weighted by molar-refractivity contribution is 5.42. The fourth-order valence-corrected chi connectivity index (χ4v) is 4.85. The molecule has 0 bridgehead atoms. The Kier molecular flexibility index (Phi) is 10.2. The zero-order valence-electron chi connectivity index (χ0n) is 19.3. The van der Waals surface area contributed by atoms with Crippen LogP contribution in [0.1, 0.15) is 80.5 Å². The molecule has 0 heterocycles. The van der Waals surface area contributed by atoms with E-state index in [1.807, 2.05) is 19.9 Å². The molecule has 0 nitrogen and oxygen atoms in total. The summed E-state index contributed by atoms with van der Waals surface area (Å²) in [5, 5.41) is 0. The Bertz CT molecular complexity index is 847. The van der Waals surface area contributed by atoms with Gasteiger partial charge in [-0.3, -0.25) is 0 Å². The molecule has 0 saturated heterocycles. The lowest BCUT2D eigenvalue weighted by atomic mass is 9.80. The number of aryl methyl sites for hydroxylation is 1. The van der Waals surface area contributed by atoms with Crippen molar-refractivity contribution in [1.29, 1.82) is 0 Å². The van der Waals surface area contributed by atoms with Gasteiger partial charge in [0.1, 0.15) is 0 Å². The molecule has 0 amide bonds. The first-order chi connectivity index (χ1) is 14.7. The molecule has 3 unspecified atom stereocenters.